The van der Waals surface area contributed by atoms with Gasteiger partial charge in [-0.25, -0.2) is 8.86 Å². The fraction of sp³-hybridized carbons (Fsp3) is 0.500. The van der Waals surface area contributed by atoms with Crippen LogP contribution in [0.2, 0.25) is 0 Å². The summed E-state index contributed by atoms with van der Waals surface area (Å²) in [5.74, 6) is -0.576. The van der Waals surface area contributed by atoms with Gasteiger partial charge in [0.25, 0.3) is 11.8 Å². The topological polar surface area (TPSA) is 181 Å². The van der Waals surface area contributed by atoms with Crippen LogP contribution in [0.25, 0.3) is 0 Å². The van der Waals surface area contributed by atoms with Gasteiger partial charge in [0.2, 0.25) is 0 Å². The van der Waals surface area contributed by atoms with E-state index >= 15 is 0 Å². The number of nitrogens with zero attached hydrogens (tertiary/aromatic N) is 4. The Morgan fingerprint density at radius 2 is 1.68 bits per heavy atom. The highest BCUT2D eigenvalue weighted by Gasteiger charge is 2.43. The molecule has 0 spiro atoms. The SMILES string of the molecule is O=C1c2ccccc2C(=O)N1CCCCc1cn(C[C@@H]2O[C@H](COS(=O)(=O)O)[C@@H](O)[C@@H]2O)nn1. The van der Waals surface area contributed by atoms with Gasteiger partial charge in [-0.15, -0.1) is 5.10 Å². The molecule has 13 nitrogen and oxygen atoms in total. The number of fused-ring (bicyclic) bond motifs is 1. The van der Waals surface area contributed by atoms with Crippen LogP contribution in [-0.2, 0) is 32.3 Å². The second kappa shape index (κ2) is 9.85. The van der Waals surface area contributed by atoms with E-state index in [1.54, 1.807) is 30.5 Å². The van der Waals surface area contributed by atoms with Crippen molar-refractivity contribution < 1.29 is 41.7 Å². The predicted molar refractivity (Wildman–Crippen MR) is 113 cm³/mol. The molecule has 4 atom stereocenters. The highest BCUT2D eigenvalue weighted by molar-refractivity contribution is 7.80. The average molecular weight is 496 g/mol. The standard InChI is InChI=1S/C20H24N4O9S/c25-17-15(33-16(18(17)26)11-32-34(29,30)31)10-23-9-12(21-22-23)5-3-4-8-24-19(27)13-6-1-2-7-14(13)20(24)28/h1-2,6-7,9,15-18,25-26H,3-5,8,10-11H2,(H,29,30,31)/t15-,16+,17+,18+/m0/s1. The third-order valence-corrected chi connectivity index (χ3v) is 6.17. The molecule has 2 aliphatic heterocycles. The summed E-state index contributed by atoms with van der Waals surface area (Å²) < 4.78 is 41.1. The third-order valence-electron chi connectivity index (χ3n) is 5.74. The fourth-order valence-corrected chi connectivity index (χ4v) is 4.32. The zero-order chi connectivity index (χ0) is 24.5. The summed E-state index contributed by atoms with van der Waals surface area (Å²) >= 11 is 0. The van der Waals surface area contributed by atoms with E-state index in [2.05, 4.69) is 14.5 Å². The van der Waals surface area contributed by atoms with Crippen LogP contribution in [0.15, 0.2) is 30.5 Å². The molecule has 2 aromatic rings. The Bertz CT molecular complexity index is 1130. The van der Waals surface area contributed by atoms with Crippen LogP contribution >= 0.6 is 0 Å². The Labute approximate surface area is 194 Å². The molecule has 3 N–H and O–H groups in total. The molecule has 0 unspecified atom stereocenters. The highest BCUT2D eigenvalue weighted by atomic mass is 32.3. The Morgan fingerprint density at radius 1 is 1.03 bits per heavy atom. The van der Waals surface area contributed by atoms with E-state index in [9.17, 15) is 28.2 Å². The third kappa shape index (κ3) is 5.32. The molecule has 2 aliphatic rings. The van der Waals surface area contributed by atoms with E-state index in [-0.39, 0.29) is 18.4 Å². The van der Waals surface area contributed by atoms with Crippen molar-refractivity contribution in [1.29, 1.82) is 0 Å². The van der Waals surface area contributed by atoms with Gasteiger partial charge in [0.05, 0.1) is 30.0 Å². The maximum atomic E-state index is 12.4. The number of aliphatic hydroxyl groups is 2. The number of benzene rings is 1. The van der Waals surface area contributed by atoms with Crippen molar-refractivity contribution in [2.24, 2.45) is 0 Å². The molecule has 1 fully saturated rings. The smallest absolute Gasteiger partial charge is 0.388 e. The van der Waals surface area contributed by atoms with E-state index in [1.165, 1.54) is 9.58 Å². The Kier molecular flexibility index (Phi) is 7.06. The van der Waals surface area contributed by atoms with Gasteiger partial charge in [-0.05, 0) is 31.4 Å². The summed E-state index contributed by atoms with van der Waals surface area (Å²) in [4.78, 5) is 26.0. The molecule has 4 rings (SSSR count). The maximum Gasteiger partial charge on any atom is 0.397 e. The lowest BCUT2D eigenvalue weighted by atomic mass is 10.1. The van der Waals surface area contributed by atoms with E-state index < -0.39 is 41.4 Å². The number of aliphatic hydroxyl groups excluding tert-OH is 2. The van der Waals surface area contributed by atoms with Gasteiger partial charge >= 0.3 is 10.4 Å². The number of imide groups is 1. The van der Waals surface area contributed by atoms with Crippen molar-refractivity contribution in [3.63, 3.8) is 0 Å². The van der Waals surface area contributed by atoms with Crippen LogP contribution in [0.4, 0.5) is 0 Å². The van der Waals surface area contributed by atoms with Gasteiger partial charge in [0.15, 0.2) is 0 Å². The van der Waals surface area contributed by atoms with Crippen molar-refractivity contribution in [2.45, 2.75) is 50.2 Å². The lowest BCUT2D eigenvalue weighted by molar-refractivity contribution is -0.0230. The van der Waals surface area contributed by atoms with Crippen LogP contribution in [-0.4, -0.2) is 92.5 Å². The summed E-state index contributed by atoms with van der Waals surface area (Å²) in [6.07, 6.45) is -1.33. The van der Waals surface area contributed by atoms with E-state index in [0.717, 1.165) is 0 Å². The van der Waals surface area contributed by atoms with Crippen LogP contribution in [0, 0.1) is 0 Å². The van der Waals surface area contributed by atoms with Gasteiger partial charge in [0.1, 0.15) is 24.4 Å². The molecule has 184 valence electrons. The molecule has 1 aromatic carbocycles. The number of aromatic nitrogens is 3. The lowest BCUT2D eigenvalue weighted by Crippen LogP contribution is -2.35. The van der Waals surface area contributed by atoms with Crippen LogP contribution in [0.3, 0.4) is 0 Å². The van der Waals surface area contributed by atoms with Crippen molar-refractivity contribution >= 4 is 22.2 Å². The number of amides is 2. The van der Waals surface area contributed by atoms with Gasteiger partial charge in [-0.2, -0.15) is 8.42 Å². The molecule has 1 saturated heterocycles. The molecule has 0 radical (unpaired) electrons. The van der Waals surface area contributed by atoms with Crippen LogP contribution in [0.5, 0.6) is 0 Å². The summed E-state index contributed by atoms with van der Waals surface area (Å²) in [5.41, 5.74) is 1.49. The Hall–Kier alpha value is -2.75. The largest absolute Gasteiger partial charge is 0.397 e. The summed E-state index contributed by atoms with van der Waals surface area (Å²) in [7, 11) is -4.70. The average Bonchev–Trinajstić information content (AvgIpc) is 3.42. The summed E-state index contributed by atoms with van der Waals surface area (Å²) in [6.45, 7) is -0.306. The van der Waals surface area contributed by atoms with Gasteiger partial charge < -0.3 is 14.9 Å². The number of ether oxygens (including phenoxy) is 1. The zero-order valence-corrected chi connectivity index (χ0v) is 18.7. The molecule has 0 saturated carbocycles. The molecule has 14 heteroatoms. The van der Waals surface area contributed by atoms with Crippen molar-refractivity contribution in [2.75, 3.05) is 13.2 Å². The molecule has 1 aromatic heterocycles. The first-order valence-corrected chi connectivity index (χ1v) is 12.0. The second-order valence-electron chi connectivity index (χ2n) is 8.10. The first-order valence-electron chi connectivity index (χ1n) is 10.6. The second-order valence-corrected chi connectivity index (χ2v) is 9.19. The van der Waals surface area contributed by atoms with E-state index in [0.29, 0.717) is 42.6 Å². The first-order chi connectivity index (χ1) is 16.1. The maximum absolute atomic E-state index is 12.4. The van der Waals surface area contributed by atoms with Crippen LogP contribution in [0.1, 0.15) is 39.3 Å². The minimum atomic E-state index is -4.70. The molecular formula is C20H24N4O9S. The normalized spacial score (nSPS) is 24.7. The Balaban J connectivity index is 1.23. The summed E-state index contributed by atoms with van der Waals surface area (Å²) in [5, 5.41) is 28.2. The Morgan fingerprint density at radius 3 is 2.32 bits per heavy atom. The molecule has 2 amide bonds. The van der Waals surface area contributed by atoms with E-state index in [1.807, 2.05) is 0 Å². The number of hydrogen-bond acceptors (Lipinski definition) is 10. The first kappa shape index (κ1) is 24.4. The number of rotatable bonds is 10. The van der Waals surface area contributed by atoms with Crippen molar-refractivity contribution in [3.8, 4) is 0 Å². The molecule has 3 heterocycles. The molecule has 34 heavy (non-hydrogen) atoms. The molecule has 0 bridgehead atoms. The number of carbonyl (C=O) groups is 2. The van der Waals surface area contributed by atoms with Gasteiger partial charge in [-0.1, -0.05) is 17.3 Å². The molecule has 0 aliphatic carbocycles. The van der Waals surface area contributed by atoms with Crippen LogP contribution < -0.4 is 0 Å². The monoisotopic (exact) mass is 496 g/mol. The minimum absolute atomic E-state index is 0.0443. The predicted octanol–water partition coefficient (Wildman–Crippen LogP) is -0.794. The lowest BCUT2D eigenvalue weighted by Gasteiger charge is -2.13. The number of unbranched alkanes of at least 4 members (excludes halogenated alkanes) is 1. The number of carbonyl (C=O) groups excluding carboxylic acids is 2. The number of aryl methyl sites for hydroxylation is 1. The van der Waals surface area contributed by atoms with Crippen molar-refractivity contribution in [1.82, 2.24) is 19.9 Å². The van der Waals surface area contributed by atoms with Crippen molar-refractivity contribution in [3.05, 3.63) is 47.3 Å². The van der Waals surface area contributed by atoms with Gasteiger partial charge in [-0.3, -0.25) is 19.0 Å². The van der Waals surface area contributed by atoms with E-state index in [4.69, 9.17) is 9.29 Å². The summed E-state index contributed by atoms with van der Waals surface area (Å²) in [6, 6.07) is 6.73. The minimum Gasteiger partial charge on any atom is -0.388 e. The fourth-order valence-electron chi connectivity index (χ4n) is 4.01. The number of hydrogen-bond donors (Lipinski definition) is 3. The quantitative estimate of drug-likeness (QED) is 0.213. The highest BCUT2D eigenvalue weighted by Crippen LogP contribution is 2.24. The van der Waals surface area contributed by atoms with Gasteiger partial charge in [0, 0.05) is 12.7 Å². The zero-order valence-electron chi connectivity index (χ0n) is 17.9. The molecular weight excluding hydrogens is 472 g/mol.